The molecule has 6 heteroatoms. The van der Waals surface area contributed by atoms with Crippen molar-refractivity contribution in [2.75, 3.05) is 46.2 Å². The maximum absolute atomic E-state index is 13.0. The predicted octanol–water partition coefficient (Wildman–Crippen LogP) is 3.98. The minimum atomic E-state index is -0.163. The van der Waals surface area contributed by atoms with E-state index in [1.165, 1.54) is 5.56 Å². The first-order chi connectivity index (χ1) is 15.2. The number of rotatable bonds is 11. The van der Waals surface area contributed by atoms with E-state index in [4.69, 9.17) is 18.9 Å². The lowest BCUT2D eigenvalue weighted by Crippen LogP contribution is -2.44. The molecule has 0 radical (unpaired) electrons. The number of nitrogens with one attached hydrogen (secondary N) is 1. The monoisotopic (exact) mass is 427 g/mol. The quantitative estimate of drug-likeness (QED) is 0.550. The second-order valence-electron chi connectivity index (χ2n) is 7.57. The van der Waals surface area contributed by atoms with Gasteiger partial charge < -0.3 is 24.3 Å². The van der Waals surface area contributed by atoms with Crippen LogP contribution < -0.4 is 14.8 Å². The van der Waals surface area contributed by atoms with E-state index in [9.17, 15) is 4.79 Å². The van der Waals surface area contributed by atoms with E-state index in [1.54, 1.807) is 6.07 Å². The lowest BCUT2D eigenvalue weighted by molar-refractivity contribution is 0.0486. The minimum absolute atomic E-state index is 0.135. The Morgan fingerprint density at radius 3 is 2.42 bits per heavy atom. The topological polar surface area (TPSA) is 66.0 Å². The van der Waals surface area contributed by atoms with Gasteiger partial charge in [0.15, 0.2) is 0 Å². The number of hydrogen-bond acceptors (Lipinski definition) is 5. The van der Waals surface area contributed by atoms with E-state index in [0.717, 1.165) is 18.6 Å². The molecule has 168 valence electrons. The van der Waals surface area contributed by atoms with Gasteiger partial charge in [0, 0.05) is 31.8 Å². The van der Waals surface area contributed by atoms with Gasteiger partial charge in [-0.15, -0.1) is 0 Å². The standard InChI is InChI=1S/C25H33NO5/c1-3-28-17-18-31-23-8-6-5-7-22(23)24(27)26-19-25(13-15-29-16-14-25)20-9-11-21(12-10-20)30-4-2/h5-12H,3-4,13-19H2,1-2H3,(H,26,27). The van der Waals surface area contributed by atoms with Crippen molar-refractivity contribution in [1.82, 2.24) is 5.32 Å². The van der Waals surface area contributed by atoms with Gasteiger partial charge in [-0.2, -0.15) is 0 Å². The number of carbonyl (C=O) groups excluding carboxylic acids is 1. The second-order valence-corrected chi connectivity index (χ2v) is 7.57. The van der Waals surface area contributed by atoms with Gasteiger partial charge in [0.2, 0.25) is 0 Å². The van der Waals surface area contributed by atoms with E-state index >= 15 is 0 Å². The van der Waals surface area contributed by atoms with E-state index in [0.29, 0.717) is 57.5 Å². The number of benzene rings is 2. The molecule has 1 fully saturated rings. The summed E-state index contributed by atoms with van der Waals surface area (Å²) in [4.78, 5) is 13.0. The van der Waals surface area contributed by atoms with E-state index in [-0.39, 0.29) is 11.3 Å². The number of para-hydroxylation sites is 1. The highest BCUT2D eigenvalue weighted by atomic mass is 16.5. The molecule has 1 aliphatic rings. The highest BCUT2D eigenvalue weighted by molar-refractivity contribution is 5.97. The van der Waals surface area contributed by atoms with Gasteiger partial charge in [0.1, 0.15) is 18.1 Å². The normalized spacial score (nSPS) is 15.3. The number of ether oxygens (including phenoxy) is 4. The fraction of sp³-hybridized carbons (Fsp3) is 0.480. The van der Waals surface area contributed by atoms with Crippen molar-refractivity contribution < 1.29 is 23.7 Å². The molecule has 1 amide bonds. The molecule has 0 bridgehead atoms. The zero-order chi connectivity index (χ0) is 21.9. The third-order valence-corrected chi connectivity index (χ3v) is 5.64. The van der Waals surface area contributed by atoms with Gasteiger partial charge in [-0.3, -0.25) is 4.79 Å². The molecule has 0 spiro atoms. The van der Waals surface area contributed by atoms with Crippen molar-refractivity contribution in [3.05, 3.63) is 59.7 Å². The van der Waals surface area contributed by atoms with Crippen LogP contribution in [0.4, 0.5) is 0 Å². The summed E-state index contributed by atoms with van der Waals surface area (Å²) in [5, 5.41) is 3.15. The van der Waals surface area contributed by atoms with Gasteiger partial charge in [-0.1, -0.05) is 24.3 Å². The van der Waals surface area contributed by atoms with Crippen molar-refractivity contribution in [2.45, 2.75) is 32.1 Å². The third kappa shape index (κ3) is 6.21. The molecular weight excluding hydrogens is 394 g/mol. The maximum atomic E-state index is 13.0. The second kappa shape index (κ2) is 11.7. The molecule has 0 aliphatic carbocycles. The average Bonchev–Trinajstić information content (AvgIpc) is 2.82. The summed E-state index contributed by atoms with van der Waals surface area (Å²) in [6, 6.07) is 15.5. The Hall–Kier alpha value is -2.57. The first kappa shape index (κ1) is 23.1. The number of amides is 1. The van der Waals surface area contributed by atoms with E-state index < -0.39 is 0 Å². The van der Waals surface area contributed by atoms with Crippen molar-refractivity contribution in [2.24, 2.45) is 0 Å². The van der Waals surface area contributed by atoms with Crippen LogP contribution in [0.15, 0.2) is 48.5 Å². The maximum Gasteiger partial charge on any atom is 0.255 e. The van der Waals surface area contributed by atoms with E-state index in [2.05, 4.69) is 17.4 Å². The summed E-state index contributed by atoms with van der Waals surface area (Å²) in [7, 11) is 0. The van der Waals surface area contributed by atoms with Crippen LogP contribution in [0.1, 0.15) is 42.6 Å². The Kier molecular flexibility index (Phi) is 8.74. The lowest BCUT2D eigenvalue weighted by atomic mass is 9.74. The molecule has 6 nitrogen and oxygen atoms in total. The molecule has 0 aromatic heterocycles. The summed E-state index contributed by atoms with van der Waals surface area (Å²) < 4.78 is 22.3. The Bertz CT molecular complexity index is 815. The van der Waals surface area contributed by atoms with Gasteiger partial charge in [-0.25, -0.2) is 0 Å². The Balaban J connectivity index is 1.70. The number of hydrogen-bond donors (Lipinski definition) is 1. The Morgan fingerprint density at radius 2 is 1.71 bits per heavy atom. The smallest absolute Gasteiger partial charge is 0.255 e. The van der Waals surface area contributed by atoms with Crippen LogP contribution in [-0.2, 0) is 14.9 Å². The van der Waals surface area contributed by atoms with Crippen LogP contribution in [0.2, 0.25) is 0 Å². The van der Waals surface area contributed by atoms with Crippen molar-refractivity contribution in [3.8, 4) is 11.5 Å². The summed E-state index contributed by atoms with van der Waals surface area (Å²) in [6.45, 7) is 8.00. The molecule has 0 saturated carbocycles. The summed E-state index contributed by atoms with van der Waals surface area (Å²) in [6.07, 6.45) is 1.71. The molecule has 3 rings (SSSR count). The summed E-state index contributed by atoms with van der Waals surface area (Å²) in [5.41, 5.74) is 1.57. The predicted molar refractivity (Wildman–Crippen MR) is 120 cm³/mol. The number of carbonyl (C=O) groups is 1. The highest BCUT2D eigenvalue weighted by Gasteiger charge is 2.35. The molecule has 2 aromatic carbocycles. The van der Waals surface area contributed by atoms with Gasteiger partial charge in [0.25, 0.3) is 5.91 Å². The summed E-state index contributed by atoms with van der Waals surface area (Å²) >= 11 is 0. The van der Waals surface area contributed by atoms with Crippen LogP contribution in [-0.4, -0.2) is 52.1 Å². The molecule has 1 saturated heterocycles. The van der Waals surface area contributed by atoms with Crippen LogP contribution in [0.25, 0.3) is 0 Å². The van der Waals surface area contributed by atoms with Gasteiger partial charge >= 0.3 is 0 Å². The van der Waals surface area contributed by atoms with Crippen LogP contribution in [0, 0.1) is 0 Å². The Labute approximate surface area is 184 Å². The average molecular weight is 428 g/mol. The van der Waals surface area contributed by atoms with Gasteiger partial charge in [0.05, 0.1) is 18.8 Å². The molecule has 2 aromatic rings. The van der Waals surface area contributed by atoms with Crippen LogP contribution in [0.3, 0.4) is 0 Å². The molecule has 1 aliphatic heterocycles. The van der Waals surface area contributed by atoms with Crippen molar-refractivity contribution in [1.29, 1.82) is 0 Å². The minimum Gasteiger partial charge on any atom is -0.494 e. The van der Waals surface area contributed by atoms with Crippen molar-refractivity contribution in [3.63, 3.8) is 0 Å². The van der Waals surface area contributed by atoms with E-state index in [1.807, 2.05) is 44.2 Å². The third-order valence-electron chi connectivity index (χ3n) is 5.64. The summed E-state index contributed by atoms with van der Waals surface area (Å²) in [5.74, 6) is 1.29. The lowest BCUT2D eigenvalue weighted by Gasteiger charge is -2.38. The molecule has 1 N–H and O–H groups in total. The molecule has 31 heavy (non-hydrogen) atoms. The fourth-order valence-corrected chi connectivity index (χ4v) is 3.88. The zero-order valence-corrected chi connectivity index (χ0v) is 18.5. The fourth-order valence-electron chi connectivity index (χ4n) is 3.88. The molecule has 1 heterocycles. The van der Waals surface area contributed by atoms with Crippen LogP contribution in [0.5, 0.6) is 11.5 Å². The highest BCUT2D eigenvalue weighted by Crippen LogP contribution is 2.35. The Morgan fingerprint density at radius 1 is 0.968 bits per heavy atom. The largest absolute Gasteiger partial charge is 0.494 e. The SMILES string of the molecule is CCOCCOc1ccccc1C(=O)NCC1(c2ccc(OCC)cc2)CCOCC1. The van der Waals surface area contributed by atoms with Gasteiger partial charge in [-0.05, 0) is 56.5 Å². The first-order valence-corrected chi connectivity index (χ1v) is 11.1. The first-order valence-electron chi connectivity index (χ1n) is 11.1. The molecule has 0 unspecified atom stereocenters. The van der Waals surface area contributed by atoms with Crippen LogP contribution >= 0.6 is 0 Å². The molecule has 0 atom stereocenters. The zero-order valence-electron chi connectivity index (χ0n) is 18.5. The van der Waals surface area contributed by atoms with Crippen molar-refractivity contribution >= 4 is 5.91 Å². The molecular formula is C25H33NO5.